The number of benzene rings is 1. The SMILES string of the molecule is CCN(CC)C(=O)[C@]1(c2ccccc2)C[C@@H]1CN.O=C(O)C(=O)O. The highest BCUT2D eigenvalue weighted by atomic mass is 16.4. The Hall–Kier alpha value is -2.41. The van der Waals surface area contributed by atoms with Crippen LogP contribution in [0.1, 0.15) is 25.8 Å². The molecule has 4 N–H and O–H groups in total. The number of likely N-dealkylation sites (N-methyl/N-ethyl adjacent to an activating group) is 1. The van der Waals surface area contributed by atoms with Gasteiger partial charge in [-0.25, -0.2) is 9.59 Å². The number of amides is 1. The van der Waals surface area contributed by atoms with Crippen LogP contribution in [-0.2, 0) is 19.8 Å². The highest BCUT2D eigenvalue weighted by Crippen LogP contribution is 2.54. The average Bonchev–Trinajstić information content (AvgIpc) is 3.33. The molecule has 2 atom stereocenters. The minimum Gasteiger partial charge on any atom is -0.473 e. The topological polar surface area (TPSA) is 121 Å². The van der Waals surface area contributed by atoms with Gasteiger partial charge in [0, 0.05) is 13.1 Å². The van der Waals surface area contributed by atoms with E-state index < -0.39 is 11.9 Å². The molecule has 132 valence electrons. The third-order valence-electron chi connectivity index (χ3n) is 4.29. The predicted molar refractivity (Wildman–Crippen MR) is 88.5 cm³/mol. The van der Waals surface area contributed by atoms with Crippen molar-refractivity contribution in [2.45, 2.75) is 25.7 Å². The first kappa shape index (κ1) is 19.6. The summed E-state index contributed by atoms with van der Waals surface area (Å²) in [6.45, 7) is 6.17. The fourth-order valence-corrected chi connectivity index (χ4v) is 2.88. The molecule has 0 radical (unpaired) electrons. The molecule has 1 aromatic carbocycles. The summed E-state index contributed by atoms with van der Waals surface area (Å²) >= 11 is 0. The maximum absolute atomic E-state index is 12.7. The second-order valence-corrected chi connectivity index (χ2v) is 5.56. The second-order valence-electron chi connectivity index (χ2n) is 5.56. The standard InChI is InChI=1S/C15H22N2O.C2H2O4/c1-3-17(4-2)14(18)15(10-13(15)11-16)12-8-6-5-7-9-12;3-1(4)2(5)6/h5-9,13H,3-4,10-11,16H2,1-2H3;(H,3,4)(H,5,6)/t13-,15+;/m1./s1. The number of rotatable bonds is 5. The van der Waals surface area contributed by atoms with Crippen molar-refractivity contribution in [1.29, 1.82) is 0 Å². The molecule has 7 heteroatoms. The Kier molecular flexibility index (Phi) is 6.91. The van der Waals surface area contributed by atoms with Crippen LogP contribution in [0.25, 0.3) is 0 Å². The predicted octanol–water partition coefficient (Wildman–Crippen LogP) is 0.927. The molecule has 1 aliphatic carbocycles. The van der Waals surface area contributed by atoms with Gasteiger partial charge < -0.3 is 20.8 Å². The number of carbonyl (C=O) groups excluding carboxylic acids is 1. The van der Waals surface area contributed by atoms with Crippen LogP contribution < -0.4 is 5.73 Å². The molecule has 0 aromatic heterocycles. The lowest BCUT2D eigenvalue weighted by Gasteiger charge is -2.26. The van der Waals surface area contributed by atoms with Gasteiger partial charge in [0.1, 0.15) is 0 Å². The first-order chi connectivity index (χ1) is 11.3. The third kappa shape index (κ3) is 4.11. The smallest absolute Gasteiger partial charge is 0.414 e. The van der Waals surface area contributed by atoms with Gasteiger partial charge in [-0.15, -0.1) is 0 Å². The highest BCUT2D eigenvalue weighted by Gasteiger charge is 2.61. The molecule has 2 rings (SSSR count). The molecule has 1 saturated carbocycles. The van der Waals surface area contributed by atoms with Gasteiger partial charge in [-0.3, -0.25) is 4.79 Å². The number of carbonyl (C=O) groups is 3. The summed E-state index contributed by atoms with van der Waals surface area (Å²) in [5, 5.41) is 14.8. The number of nitrogens with two attached hydrogens (primary N) is 1. The molecule has 7 nitrogen and oxygen atoms in total. The molecule has 24 heavy (non-hydrogen) atoms. The number of hydrogen-bond acceptors (Lipinski definition) is 4. The zero-order valence-corrected chi connectivity index (χ0v) is 13.9. The van der Waals surface area contributed by atoms with Crippen LogP contribution in [0.15, 0.2) is 30.3 Å². The molecular formula is C17H24N2O5. The molecule has 0 bridgehead atoms. The molecular weight excluding hydrogens is 312 g/mol. The lowest BCUT2D eigenvalue weighted by molar-refractivity contribution is -0.159. The van der Waals surface area contributed by atoms with Crippen LogP contribution in [0, 0.1) is 5.92 Å². The minimum absolute atomic E-state index is 0.245. The number of hydrogen-bond donors (Lipinski definition) is 3. The second kappa shape index (κ2) is 8.44. The van der Waals surface area contributed by atoms with E-state index in [2.05, 4.69) is 12.1 Å². The Morgan fingerprint density at radius 2 is 1.62 bits per heavy atom. The molecule has 0 heterocycles. The van der Waals surface area contributed by atoms with E-state index in [0.717, 1.165) is 25.1 Å². The third-order valence-corrected chi connectivity index (χ3v) is 4.29. The first-order valence-corrected chi connectivity index (χ1v) is 7.86. The molecule has 0 saturated heterocycles. The van der Waals surface area contributed by atoms with Gasteiger partial charge in [-0.2, -0.15) is 0 Å². The van der Waals surface area contributed by atoms with Crippen LogP contribution in [0.4, 0.5) is 0 Å². The maximum atomic E-state index is 12.7. The lowest BCUT2D eigenvalue weighted by Crippen LogP contribution is -2.40. The highest BCUT2D eigenvalue weighted by molar-refractivity contribution is 6.27. The summed E-state index contributed by atoms with van der Waals surface area (Å²) < 4.78 is 0. The average molecular weight is 336 g/mol. The summed E-state index contributed by atoms with van der Waals surface area (Å²) in [6.07, 6.45) is 0.892. The normalized spacial score (nSPS) is 21.2. The van der Waals surface area contributed by atoms with Gasteiger partial charge >= 0.3 is 11.9 Å². The molecule has 1 fully saturated rings. The van der Waals surface area contributed by atoms with Crippen LogP contribution in [0.2, 0.25) is 0 Å². The zero-order chi connectivity index (χ0) is 18.3. The summed E-state index contributed by atoms with van der Waals surface area (Å²) in [5.74, 6) is -3.10. The quantitative estimate of drug-likeness (QED) is 0.688. The van der Waals surface area contributed by atoms with E-state index in [0.29, 0.717) is 12.5 Å². The van der Waals surface area contributed by atoms with Crippen LogP contribution in [0.3, 0.4) is 0 Å². The van der Waals surface area contributed by atoms with Crippen LogP contribution in [0.5, 0.6) is 0 Å². The Balaban J connectivity index is 0.000000413. The molecule has 1 amide bonds. The van der Waals surface area contributed by atoms with E-state index in [9.17, 15) is 4.79 Å². The fraction of sp³-hybridized carbons (Fsp3) is 0.471. The van der Waals surface area contributed by atoms with Crippen molar-refractivity contribution in [1.82, 2.24) is 4.90 Å². The van der Waals surface area contributed by atoms with E-state index >= 15 is 0 Å². The molecule has 0 spiro atoms. The number of nitrogens with zero attached hydrogens (tertiary/aromatic N) is 1. The van der Waals surface area contributed by atoms with Gasteiger partial charge in [0.2, 0.25) is 5.91 Å². The minimum atomic E-state index is -1.82. The number of carboxylic acid groups (broad SMARTS) is 2. The van der Waals surface area contributed by atoms with Gasteiger partial charge in [0.05, 0.1) is 5.41 Å². The number of carboxylic acids is 2. The van der Waals surface area contributed by atoms with Gasteiger partial charge in [-0.1, -0.05) is 30.3 Å². The summed E-state index contributed by atoms with van der Waals surface area (Å²) in [5.41, 5.74) is 6.57. The van der Waals surface area contributed by atoms with Crippen LogP contribution >= 0.6 is 0 Å². The van der Waals surface area contributed by atoms with E-state index in [1.165, 1.54) is 0 Å². The van der Waals surface area contributed by atoms with Crippen molar-refractivity contribution in [2.24, 2.45) is 11.7 Å². The van der Waals surface area contributed by atoms with E-state index in [4.69, 9.17) is 25.5 Å². The van der Waals surface area contributed by atoms with E-state index in [1.54, 1.807) is 0 Å². The Bertz CT molecular complexity index is 574. The van der Waals surface area contributed by atoms with E-state index in [-0.39, 0.29) is 11.3 Å². The Labute approximate surface area is 141 Å². The molecule has 0 aliphatic heterocycles. The fourth-order valence-electron chi connectivity index (χ4n) is 2.88. The van der Waals surface area contributed by atoms with Crippen molar-refractivity contribution in [3.63, 3.8) is 0 Å². The zero-order valence-electron chi connectivity index (χ0n) is 13.9. The summed E-state index contributed by atoms with van der Waals surface area (Å²) in [6, 6.07) is 10.1. The first-order valence-electron chi connectivity index (χ1n) is 7.86. The van der Waals surface area contributed by atoms with Gasteiger partial charge in [0.25, 0.3) is 0 Å². The molecule has 0 unspecified atom stereocenters. The number of aliphatic carboxylic acids is 2. The monoisotopic (exact) mass is 336 g/mol. The molecule has 1 aromatic rings. The van der Waals surface area contributed by atoms with Gasteiger partial charge in [-0.05, 0) is 38.3 Å². The summed E-state index contributed by atoms with van der Waals surface area (Å²) in [7, 11) is 0. The van der Waals surface area contributed by atoms with Crippen LogP contribution in [-0.4, -0.2) is 52.6 Å². The van der Waals surface area contributed by atoms with Crippen molar-refractivity contribution >= 4 is 17.8 Å². The van der Waals surface area contributed by atoms with E-state index in [1.807, 2.05) is 36.9 Å². The van der Waals surface area contributed by atoms with Gasteiger partial charge in [0.15, 0.2) is 0 Å². The Morgan fingerprint density at radius 1 is 1.12 bits per heavy atom. The van der Waals surface area contributed by atoms with Crippen molar-refractivity contribution < 1.29 is 24.6 Å². The van der Waals surface area contributed by atoms with Crippen molar-refractivity contribution in [3.8, 4) is 0 Å². The largest absolute Gasteiger partial charge is 0.473 e. The van der Waals surface area contributed by atoms with Crippen molar-refractivity contribution in [2.75, 3.05) is 19.6 Å². The summed E-state index contributed by atoms with van der Waals surface area (Å²) in [4.78, 5) is 32.8. The maximum Gasteiger partial charge on any atom is 0.414 e. The van der Waals surface area contributed by atoms with Crippen molar-refractivity contribution in [3.05, 3.63) is 35.9 Å². The molecule has 1 aliphatic rings. The lowest BCUT2D eigenvalue weighted by atomic mass is 9.91. The Morgan fingerprint density at radius 3 is 1.96 bits per heavy atom.